The molecule has 0 fully saturated rings. The van der Waals surface area contributed by atoms with Gasteiger partial charge in [0.15, 0.2) is 6.29 Å². The van der Waals surface area contributed by atoms with Crippen LogP contribution in [0.5, 0.6) is 0 Å². The van der Waals surface area contributed by atoms with Crippen LogP contribution >= 0.6 is 0 Å². The molecule has 0 spiro atoms. The van der Waals surface area contributed by atoms with Crippen molar-refractivity contribution in [1.82, 2.24) is 0 Å². The summed E-state index contributed by atoms with van der Waals surface area (Å²) in [6.07, 6.45) is 1.70. The van der Waals surface area contributed by atoms with Gasteiger partial charge in [-0.25, -0.2) is 0 Å². The standard InChI is InChI=1S/C11H20O4/c1-2-4-9(12)5-3-6-10(13)7-8-11(14)15/h11,14-15H,2-8H2,1H3. The molecule has 0 aliphatic rings. The van der Waals surface area contributed by atoms with Crippen LogP contribution in [-0.2, 0) is 9.59 Å². The van der Waals surface area contributed by atoms with Gasteiger partial charge in [0.2, 0.25) is 0 Å². The van der Waals surface area contributed by atoms with Gasteiger partial charge in [-0.1, -0.05) is 6.92 Å². The van der Waals surface area contributed by atoms with Crippen LogP contribution in [0.15, 0.2) is 0 Å². The summed E-state index contributed by atoms with van der Waals surface area (Å²) in [4.78, 5) is 22.3. The smallest absolute Gasteiger partial charge is 0.151 e. The summed E-state index contributed by atoms with van der Waals surface area (Å²) >= 11 is 0. The fourth-order valence-electron chi connectivity index (χ4n) is 1.30. The zero-order valence-corrected chi connectivity index (χ0v) is 9.24. The third-order valence-corrected chi connectivity index (χ3v) is 2.12. The number of rotatable bonds is 9. The van der Waals surface area contributed by atoms with E-state index < -0.39 is 6.29 Å². The van der Waals surface area contributed by atoms with E-state index in [-0.39, 0.29) is 24.4 Å². The Bertz CT molecular complexity index is 199. The Hall–Kier alpha value is -0.740. The summed E-state index contributed by atoms with van der Waals surface area (Å²) in [6.45, 7) is 1.95. The molecule has 0 atom stereocenters. The van der Waals surface area contributed by atoms with E-state index in [4.69, 9.17) is 10.2 Å². The molecular weight excluding hydrogens is 196 g/mol. The van der Waals surface area contributed by atoms with Crippen molar-refractivity contribution in [3.63, 3.8) is 0 Å². The van der Waals surface area contributed by atoms with E-state index >= 15 is 0 Å². The maximum Gasteiger partial charge on any atom is 0.151 e. The Morgan fingerprint density at radius 3 is 2.00 bits per heavy atom. The van der Waals surface area contributed by atoms with Gasteiger partial charge in [-0.3, -0.25) is 9.59 Å². The predicted octanol–water partition coefficient (Wildman–Crippen LogP) is 1.19. The molecule has 2 N–H and O–H groups in total. The van der Waals surface area contributed by atoms with E-state index in [0.29, 0.717) is 25.7 Å². The summed E-state index contributed by atoms with van der Waals surface area (Å²) in [5.41, 5.74) is 0. The minimum Gasteiger partial charge on any atom is -0.368 e. The number of aliphatic hydroxyl groups is 2. The molecule has 0 amide bonds. The summed E-state index contributed by atoms with van der Waals surface area (Å²) in [6, 6.07) is 0. The van der Waals surface area contributed by atoms with E-state index in [1.807, 2.05) is 6.92 Å². The van der Waals surface area contributed by atoms with Crippen molar-refractivity contribution in [2.24, 2.45) is 0 Å². The molecule has 0 aromatic rings. The number of Topliss-reactive ketones (excluding diaryl/α,β-unsaturated/α-hetero) is 2. The molecule has 15 heavy (non-hydrogen) atoms. The summed E-state index contributed by atoms with van der Waals surface area (Å²) < 4.78 is 0. The van der Waals surface area contributed by atoms with Crippen molar-refractivity contribution in [3.05, 3.63) is 0 Å². The van der Waals surface area contributed by atoms with E-state index in [1.165, 1.54) is 0 Å². The van der Waals surface area contributed by atoms with Gasteiger partial charge in [0.1, 0.15) is 11.6 Å². The molecule has 0 unspecified atom stereocenters. The van der Waals surface area contributed by atoms with Crippen LogP contribution in [0.25, 0.3) is 0 Å². The van der Waals surface area contributed by atoms with Gasteiger partial charge >= 0.3 is 0 Å². The minimum atomic E-state index is -1.41. The highest BCUT2D eigenvalue weighted by Gasteiger charge is 2.06. The van der Waals surface area contributed by atoms with Crippen molar-refractivity contribution in [2.45, 2.75) is 58.2 Å². The van der Waals surface area contributed by atoms with Gasteiger partial charge < -0.3 is 10.2 Å². The third-order valence-electron chi connectivity index (χ3n) is 2.12. The molecule has 4 heteroatoms. The van der Waals surface area contributed by atoms with Gasteiger partial charge in [0.05, 0.1) is 0 Å². The minimum absolute atomic E-state index is 0.00704. The average molecular weight is 216 g/mol. The van der Waals surface area contributed by atoms with Gasteiger partial charge in [0, 0.05) is 32.1 Å². The lowest BCUT2D eigenvalue weighted by Crippen LogP contribution is -2.08. The van der Waals surface area contributed by atoms with Crippen molar-refractivity contribution >= 4 is 11.6 Å². The topological polar surface area (TPSA) is 74.6 Å². The number of carbonyl (C=O) groups excluding carboxylic acids is 2. The first-order chi connectivity index (χ1) is 7.06. The van der Waals surface area contributed by atoms with Crippen molar-refractivity contribution in [2.75, 3.05) is 0 Å². The Morgan fingerprint density at radius 1 is 1.00 bits per heavy atom. The van der Waals surface area contributed by atoms with Crippen LogP contribution < -0.4 is 0 Å². The van der Waals surface area contributed by atoms with Crippen LogP contribution in [0.4, 0.5) is 0 Å². The second-order valence-electron chi connectivity index (χ2n) is 3.70. The first-order valence-corrected chi connectivity index (χ1v) is 5.45. The van der Waals surface area contributed by atoms with Crippen LogP contribution in [0, 0.1) is 0 Å². The fourth-order valence-corrected chi connectivity index (χ4v) is 1.30. The van der Waals surface area contributed by atoms with E-state index in [9.17, 15) is 9.59 Å². The third kappa shape index (κ3) is 9.56. The normalized spacial score (nSPS) is 10.7. The van der Waals surface area contributed by atoms with E-state index in [1.54, 1.807) is 0 Å². The zero-order chi connectivity index (χ0) is 11.7. The maximum atomic E-state index is 11.2. The molecule has 0 radical (unpaired) electrons. The van der Waals surface area contributed by atoms with Gasteiger partial charge in [-0.2, -0.15) is 0 Å². The van der Waals surface area contributed by atoms with Crippen LogP contribution in [0.1, 0.15) is 51.9 Å². The van der Waals surface area contributed by atoms with E-state index in [2.05, 4.69) is 0 Å². The molecule has 0 aromatic carbocycles. The monoisotopic (exact) mass is 216 g/mol. The van der Waals surface area contributed by atoms with Crippen molar-refractivity contribution in [1.29, 1.82) is 0 Å². The lowest BCUT2D eigenvalue weighted by molar-refractivity contribution is -0.122. The fraction of sp³-hybridized carbons (Fsp3) is 0.818. The lowest BCUT2D eigenvalue weighted by Gasteiger charge is -2.02. The number of hydrogen-bond donors (Lipinski definition) is 2. The van der Waals surface area contributed by atoms with Crippen LogP contribution in [0.3, 0.4) is 0 Å². The summed E-state index contributed by atoms with van der Waals surface area (Å²) in [7, 11) is 0. The molecule has 0 aliphatic heterocycles. The van der Waals surface area contributed by atoms with Gasteiger partial charge in [-0.15, -0.1) is 0 Å². The van der Waals surface area contributed by atoms with Crippen LogP contribution in [-0.4, -0.2) is 28.1 Å². The number of hydrogen-bond acceptors (Lipinski definition) is 4. The molecule has 0 aliphatic carbocycles. The first-order valence-electron chi connectivity index (χ1n) is 5.45. The van der Waals surface area contributed by atoms with Gasteiger partial charge in [0.25, 0.3) is 0 Å². The van der Waals surface area contributed by atoms with Crippen LogP contribution in [0.2, 0.25) is 0 Å². The second kappa shape index (κ2) is 8.56. The first kappa shape index (κ1) is 14.3. The predicted molar refractivity (Wildman–Crippen MR) is 56.2 cm³/mol. The molecule has 0 aromatic heterocycles. The number of carbonyl (C=O) groups is 2. The quantitative estimate of drug-likeness (QED) is 0.568. The van der Waals surface area contributed by atoms with E-state index in [0.717, 1.165) is 6.42 Å². The summed E-state index contributed by atoms with van der Waals surface area (Å²) in [5.74, 6) is 0.194. The molecular formula is C11H20O4. The molecule has 0 heterocycles. The maximum absolute atomic E-state index is 11.2. The Labute approximate surface area is 90.3 Å². The molecule has 0 saturated carbocycles. The Morgan fingerprint density at radius 2 is 1.53 bits per heavy atom. The molecule has 0 bridgehead atoms. The molecule has 0 rings (SSSR count). The van der Waals surface area contributed by atoms with Crippen molar-refractivity contribution in [3.8, 4) is 0 Å². The molecule has 4 nitrogen and oxygen atoms in total. The van der Waals surface area contributed by atoms with Crippen molar-refractivity contribution < 1.29 is 19.8 Å². The SMILES string of the molecule is CCCC(=O)CCCC(=O)CCC(O)O. The molecule has 0 saturated heterocycles. The Balaban J connectivity index is 3.42. The highest BCUT2D eigenvalue weighted by atomic mass is 16.5. The highest BCUT2D eigenvalue weighted by molar-refractivity contribution is 5.81. The average Bonchev–Trinajstić information content (AvgIpc) is 2.15. The summed E-state index contributed by atoms with van der Waals surface area (Å²) in [5, 5.41) is 17.1. The number of ketones is 2. The second-order valence-corrected chi connectivity index (χ2v) is 3.70. The molecule has 88 valence electrons. The largest absolute Gasteiger partial charge is 0.368 e. The Kier molecular flexibility index (Phi) is 8.14. The lowest BCUT2D eigenvalue weighted by atomic mass is 10.1. The highest BCUT2D eigenvalue weighted by Crippen LogP contribution is 2.05. The van der Waals surface area contributed by atoms with Gasteiger partial charge in [-0.05, 0) is 12.8 Å². The number of aliphatic hydroxyl groups excluding tert-OH is 1. The zero-order valence-electron chi connectivity index (χ0n) is 9.24.